The first kappa shape index (κ1) is 14.2. The van der Waals surface area contributed by atoms with Crippen molar-refractivity contribution in [3.63, 3.8) is 0 Å². The molecule has 0 saturated carbocycles. The Morgan fingerprint density at radius 3 is 2.95 bits per heavy atom. The molecule has 0 radical (unpaired) electrons. The number of methoxy groups -OCH3 is 1. The summed E-state index contributed by atoms with van der Waals surface area (Å²) in [5.41, 5.74) is 1.67. The molecule has 1 aliphatic heterocycles. The topological polar surface area (TPSA) is 67.9 Å². The van der Waals surface area contributed by atoms with E-state index in [0.29, 0.717) is 31.1 Å². The summed E-state index contributed by atoms with van der Waals surface area (Å²) in [5.74, 6) is 0.457. The molecule has 0 aromatic heterocycles. The van der Waals surface area contributed by atoms with Gasteiger partial charge in [0.2, 0.25) is 5.91 Å². The normalized spacial score (nSPS) is 14.1. The molecule has 1 N–H and O–H groups in total. The molecular formula is C14H18N2O4. The monoisotopic (exact) mass is 278 g/mol. The fourth-order valence-electron chi connectivity index (χ4n) is 2.00. The third-order valence-corrected chi connectivity index (χ3v) is 3.08. The maximum absolute atomic E-state index is 11.9. The van der Waals surface area contributed by atoms with Gasteiger partial charge < -0.3 is 19.7 Å². The molecule has 108 valence electrons. The van der Waals surface area contributed by atoms with Gasteiger partial charge in [0.25, 0.3) is 0 Å². The van der Waals surface area contributed by atoms with Crippen molar-refractivity contribution in [2.75, 3.05) is 32.1 Å². The highest BCUT2D eigenvalue weighted by atomic mass is 16.6. The summed E-state index contributed by atoms with van der Waals surface area (Å²) in [6.07, 6.45) is -0.127. The van der Waals surface area contributed by atoms with Crippen molar-refractivity contribution in [2.45, 2.75) is 13.3 Å². The number of cyclic esters (lactones) is 1. The standard InChI is InChI=1S/C14H18N2O4/c1-10-3-4-12(19-2)11(9-10)15-13(17)5-6-16-7-8-20-14(16)18/h3-4,9H,5-8H2,1-2H3,(H,15,17). The SMILES string of the molecule is COc1ccc(C)cc1NC(=O)CCN1CCOC1=O. The van der Waals surface area contributed by atoms with Gasteiger partial charge in [0.05, 0.1) is 19.3 Å². The summed E-state index contributed by atoms with van der Waals surface area (Å²) in [6.45, 7) is 3.24. The minimum absolute atomic E-state index is 0.159. The predicted molar refractivity (Wildman–Crippen MR) is 73.9 cm³/mol. The maximum atomic E-state index is 11.9. The quantitative estimate of drug-likeness (QED) is 0.891. The van der Waals surface area contributed by atoms with Crippen LogP contribution in [0.1, 0.15) is 12.0 Å². The van der Waals surface area contributed by atoms with E-state index in [4.69, 9.17) is 9.47 Å². The van der Waals surface area contributed by atoms with Crippen molar-refractivity contribution in [1.29, 1.82) is 0 Å². The number of carbonyl (C=O) groups excluding carboxylic acids is 2. The Hall–Kier alpha value is -2.24. The van der Waals surface area contributed by atoms with Gasteiger partial charge in [-0.25, -0.2) is 4.79 Å². The van der Waals surface area contributed by atoms with Crippen molar-refractivity contribution in [2.24, 2.45) is 0 Å². The molecule has 2 amide bonds. The third kappa shape index (κ3) is 3.40. The zero-order chi connectivity index (χ0) is 14.5. The van der Waals surface area contributed by atoms with Crippen molar-refractivity contribution in [1.82, 2.24) is 4.90 Å². The van der Waals surface area contributed by atoms with E-state index in [9.17, 15) is 9.59 Å². The van der Waals surface area contributed by atoms with Crippen molar-refractivity contribution < 1.29 is 19.1 Å². The molecule has 0 aliphatic carbocycles. The zero-order valence-corrected chi connectivity index (χ0v) is 11.6. The van der Waals surface area contributed by atoms with E-state index in [1.54, 1.807) is 7.11 Å². The maximum Gasteiger partial charge on any atom is 0.409 e. The van der Waals surface area contributed by atoms with Crippen LogP contribution in [0.25, 0.3) is 0 Å². The van der Waals surface area contributed by atoms with E-state index >= 15 is 0 Å². The van der Waals surface area contributed by atoms with Crippen LogP contribution >= 0.6 is 0 Å². The number of carbonyl (C=O) groups is 2. The molecule has 1 saturated heterocycles. The fraction of sp³-hybridized carbons (Fsp3) is 0.429. The predicted octanol–water partition coefficient (Wildman–Crippen LogP) is 1.78. The first-order chi connectivity index (χ1) is 9.60. The number of anilines is 1. The molecule has 1 heterocycles. The number of nitrogens with zero attached hydrogens (tertiary/aromatic N) is 1. The minimum atomic E-state index is -0.356. The number of hydrogen-bond donors (Lipinski definition) is 1. The van der Waals surface area contributed by atoms with Gasteiger partial charge in [0.15, 0.2) is 0 Å². The Morgan fingerprint density at radius 2 is 2.30 bits per heavy atom. The molecule has 1 fully saturated rings. The van der Waals surface area contributed by atoms with Crippen LogP contribution in [0.3, 0.4) is 0 Å². The molecular weight excluding hydrogens is 260 g/mol. The summed E-state index contributed by atoms with van der Waals surface area (Å²) < 4.78 is 10.0. The summed E-state index contributed by atoms with van der Waals surface area (Å²) in [7, 11) is 1.56. The van der Waals surface area contributed by atoms with Gasteiger partial charge in [-0.1, -0.05) is 6.07 Å². The van der Waals surface area contributed by atoms with E-state index in [1.807, 2.05) is 25.1 Å². The van der Waals surface area contributed by atoms with Crippen molar-refractivity contribution in [3.05, 3.63) is 23.8 Å². The average Bonchev–Trinajstić information content (AvgIpc) is 2.82. The van der Waals surface area contributed by atoms with Gasteiger partial charge >= 0.3 is 6.09 Å². The van der Waals surface area contributed by atoms with Crippen LogP contribution < -0.4 is 10.1 Å². The lowest BCUT2D eigenvalue weighted by atomic mass is 10.2. The lowest BCUT2D eigenvalue weighted by Crippen LogP contribution is -2.28. The second-order valence-corrected chi connectivity index (χ2v) is 4.60. The summed E-state index contributed by atoms with van der Waals surface area (Å²) in [5, 5.41) is 2.80. The third-order valence-electron chi connectivity index (χ3n) is 3.08. The van der Waals surface area contributed by atoms with Gasteiger partial charge in [0.1, 0.15) is 12.4 Å². The highest BCUT2D eigenvalue weighted by Crippen LogP contribution is 2.25. The summed E-state index contributed by atoms with van der Waals surface area (Å²) in [6, 6.07) is 5.57. The Balaban J connectivity index is 1.91. The molecule has 1 aromatic carbocycles. The second-order valence-electron chi connectivity index (χ2n) is 4.60. The first-order valence-electron chi connectivity index (χ1n) is 6.46. The van der Waals surface area contributed by atoms with Gasteiger partial charge in [-0.05, 0) is 24.6 Å². The highest BCUT2D eigenvalue weighted by molar-refractivity contribution is 5.92. The van der Waals surface area contributed by atoms with E-state index < -0.39 is 0 Å². The molecule has 2 rings (SSSR count). The Morgan fingerprint density at radius 1 is 1.50 bits per heavy atom. The zero-order valence-electron chi connectivity index (χ0n) is 11.6. The van der Waals surface area contributed by atoms with Crippen LogP contribution in [-0.4, -0.2) is 43.7 Å². The van der Waals surface area contributed by atoms with Crippen LogP contribution in [0.15, 0.2) is 18.2 Å². The number of nitrogens with one attached hydrogen (secondary N) is 1. The van der Waals surface area contributed by atoms with E-state index in [-0.39, 0.29) is 18.4 Å². The second kappa shape index (κ2) is 6.27. The summed E-state index contributed by atoms with van der Waals surface area (Å²) >= 11 is 0. The molecule has 0 bridgehead atoms. The van der Waals surface area contributed by atoms with Gasteiger partial charge in [-0.2, -0.15) is 0 Å². The number of benzene rings is 1. The van der Waals surface area contributed by atoms with Crippen LogP contribution in [0.2, 0.25) is 0 Å². The first-order valence-corrected chi connectivity index (χ1v) is 6.46. The Bertz CT molecular complexity index is 516. The minimum Gasteiger partial charge on any atom is -0.495 e. The van der Waals surface area contributed by atoms with Crippen LogP contribution in [-0.2, 0) is 9.53 Å². The van der Waals surface area contributed by atoms with Gasteiger partial charge in [-0.3, -0.25) is 4.79 Å². The lowest BCUT2D eigenvalue weighted by Gasteiger charge is -2.14. The molecule has 1 aromatic rings. The fourth-order valence-corrected chi connectivity index (χ4v) is 2.00. The molecule has 20 heavy (non-hydrogen) atoms. The molecule has 6 heteroatoms. The number of ether oxygens (including phenoxy) is 2. The molecule has 0 unspecified atom stereocenters. The number of rotatable bonds is 5. The van der Waals surface area contributed by atoms with Gasteiger partial charge in [0, 0.05) is 13.0 Å². The molecule has 0 atom stereocenters. The summed E-state index contributed by atoms with van der Waals surface area (Å²) in [4.78, 5) is 24.7. The highest BCUT2D eigenvalue weighted by Gasteiger charge is 2.22. The Kier molecular flexibility index (Phi) is 4.45. The van der Waals surface area contributed by atoms with Crippen molar-refractivity contribution in [3.8, 4) is 5.75 Å². The lowest BCUT2D eigenvalue weighted by molar-refractivity contribution is -0.116. The van der Waals surface area contributed by atoms with E-state index in [2.05, 4.69) is 5.32 Å². The average molecular weight is 278 g/mol. The largest absolute Gasteiger partial charge is 0.495 e. The van der Waals surface area contributed by atoms with Crippen LogP contribution in [0, 0.1) is 6.92 Å². The van der Waals surface area contributed by atoms with E-state index in [1.165, 1.54) is 4.90 Å². The smallest absolute Gasteiger partial charge is 0.409 e. The molecule has 0 spiro atoms. The number of hydrogen-bond acceptors (Lipinski definition) is 4. The molecule has 1 aliphatic rings. The molecule has 6 nitrogen and oxygen atoms in total. The van der Waals surface area contributed by atoms with Gasteiger partial charge in [-0.15, -0.1) is 0 Å². The Labute approximate surface area is 117 Å². The number of amides is 2. The van der Waals surface area contributed by atoms with Crippen LogP contribution in [0.5, 0.6) is 5.75 Å². The van der Waals surface area contributed by atoms with Crippen molar-refractivity contribution >= 4 is 17.7 Å². The van der Waals surface area contributed by atoms with E-state index in [0.717, 1.165) is 5.56 Å². The number of aryl methyl sites for hydroxylation is 1. The van der Waals surface area contributed by atoms with Crippen LogP contribution in [0.4, 0.5) is 10.5 Å².